The number of thioether (sulfide) groups is 1. The van der Waals surface area contributed by atoms with Crippen LogP contribution in [0.3, 0.4) is 0 Å². The maximum atomic E-state index is 11.7. The first-order valence-electron chi connectivity index (χ1n) is 5.88. The van der Waals surface area contributed by atoms with Gasteiger partial charge in [0.25, 0.3) is 0 Å². The number of rotatable bonds is 6. The summed E-state index contributed by atoms with van der Waals surface area (Å²) in [6.45, 7) is 2.09. The van der Waals surface area contributed by atoms with Crippen LogP contribution in [0.2, 0.25) is 5.02 Å². The Labute approximate surface area is 117 Å². The van der Waals surface area contributed by atoms with Gasteiger partial charge in [0, 0.05) is 10.6 Å². The number of nitrogen functional groups attached to an aromatic ring is 1. The van der Waals surface area contributed by atoms with Gasteiger partial charge in [-0.25, -0.2) is 0 Å². The van der Waals surface area contributed by atoms with Crippen LogP contribution >= 0.6 is 23.4 Å². The van der Waals surface area contributed by atoms with Crippen molar-refractivity contribution in [2.24, 2.45) is 0 Å². The summed E-state index contributed by atoms with van der Waals surface area (Å²) >= 11 is 7.49. The Bertz CT molecular complexity index is 392. The van der Waals surface area contributed by atoms with E-state index < -0.39 is 0 Å². The van der Waals surface area contributed by atoms with E-state index in [2.05, 4.69) is 6.92 Å². The van der Waals surface area contributed by atoms with Crippen molar-refractivity contribution >= 4 is 35.0 Å². The van der Waals surface area contributed by atoms with Crippen LogP contribution in [0.4, 0.5) is 5.69 Å². The second kappa shape index (κ2) is 7.54. The van der Waals surface area contributed by atoms with Gasteiger partial charge in [-0.05, 0) is 18.6 Å². The Kier molecular flexibility index (Phi) is 6.36. The lowest BCUT2D eigenvalue weighted by molar-refractivity contribution is -0.140. The third-order valence-electron chi connectivity index (χ3n) is 2.54. The zero-order chi connectivity index (χ0) is 13.5. The highest BCUT2D eigenvalue weighted by Crippen LogP contribution is 2.37. The molecule has 1 unspecified atom stereocenters. The largest absolute Gasteiger partial charge is 0.468 e. The van der Waals surface area contributed by atoms with E-state index in [1.807, 2.05) is 0 Å². The fourth-order valence-corrected chi connectivity index (χ4v) is 3.00. The highest BCUT2D eigenvalue weighted by atomic mass is 35.5. The lowest BCUT2D eigenvalue weighted by atomic mass is 10.2. The van der Waals surface area contributed by atoms with Crippen LogP contribution in [0.15, 0.2) is 23.1 Å². The Morgan fingerprint density at radius 2 is 2.28 bits per heavy atom. The molecule has 5 heteroatoms. The van der Waals surface area contributed by atoms with Crippen molar-refractivity contribution in [2.75, 3.05) is 12.8 Å². The van der Waals surface area contributed by atoms with Gasteiger partial charge in [0.1, 0.15) is 5.25 Å². The molecule has 2 N–H and O–H groups in total. The van der Waals surface area contributed by atoms with Crippen LogP contribution in [-0.2, 0) is 9.53 Å². The van der Waals surface area contributed by atoms with Crippen molar-refractivity contribution in [3.8, 4) is 0 Å². The van der Waals surface area contributed by atoms with Crippen LogP contribution in [-0.4, -0.2) is 18.3 Å². The number of methoxy groups -OCH3 is 1. The maximum absolute atomic E-state index is 11.7. The van der Waals surface area contributed by atoms with Crippen LogP contribution in [0.5, 0.6) is 0 Å². The lowest BCUT2D eigenvalue weighted by Crippen LogP contribution is -2.19. The minimum Gasteiger partial charge on any atom is -0.468 e. The number of carbonyl (C=O) groups excluding carboxylic acids is 1. The van der Waals surface area contributed by atoms with Crippen LogP contribution in [0, 0.1) is 0 Å². The van der Waals surface area contributed by atoms with Gasteiger partial charge in [-0.1, -0.05) is 37.4 Å². The number of esters is 1. The van der Waals surface area contributed by atoms with E-state index in [9.17, 15) is 4.79 Å². The molecular weight excluding hydrogens is 270 g/mol. The average Bonchev–Trinajstić information content (AvgIpc) is 2.36. The third kappa shape index (κ3) is 4.10. The van der Waals surface area contributed by atoms with E-state index in [1.54, 1.807) is 18.2 Å². The molecule has 18 heavy (non-hydrogen) atoms. The Balaban J connectivity index is 2.85. The lowest BCUT2D eigenvalue weighted by Gasteiger charge is -2.15. The second-order valence-electron chi connectivity index (χ2n) is 3.93. The van der Waals surface area contributed by atoms with E-state index >= 15 is 0 Å². The van der Waals surface area contributed by atoms with E-state index in [4.69, 9.17) is 22.1 Å². The number of ether oxygens (including phenoxy) is 1. The molecule has 1 rings (SSSR count). The molecular formula is C13H18ClNO2S. The van der Waals surface area contributed by atoms with E-state index in [0.717, 1.165) is 24.2 Å². The normalized spacial score (nSPS) is 12.2. The molecule has 1 atom stereocenters. The summed E-state index contributed by atoms with van der Waals surface area (Å²) in [5.41, 5.74) is 6.48. The number of unbranched alkanes of at least 4 members (excludes halogenated alkanes) is 1. The SMILES string of the molecule is CCCCC(Sc1c(N)cccc1Cl)C(=O)OC. The molecule has 3 nitrogen and oxygen atoms in total. The van der Waals surface area contributed by atoms with Gasteiger partial charge < -0.3 is 10.5 Å². The van der Waals surface area contributed by atoms with Gasteiger partial charge in [0.2, 0.25) is 0 Å². The number of hydrogen-bond donors (Lipinski definition) is 1. The summed E-state index contributed by atoms with van der Waals surface area (Å²) in [5.74, 6) is -0.229. The van der Waals surface area contributed by atoms with E-state index in [0.29, 0.717) is 10.7 Å². The molecule has 0 bridgehead atoms. The van der Waals surface area contributed by atoms with Gasteiger partial charge >= 0.3 is 5.97 Å². The monoisotopic (exact) mass is 287 g/mol. The minimum atomic E-state index is -0.253. The van der Waals surface area contributed by atoms with Gasteiger partial charge in [-0.3, -0.25) is 4.79 Å². The number of anilines is 1. The molecule has 1 aromatic rings. The smallest absolute Gasteiger partial charge is 0.319 e. The van der Waals surface area contributed by atoms with Gasteiger partial charge in [0.15, 0.2) is 0 Å². The minimum absolute atomic E-state index is 0.229. The number of hydrogen-bond acceptors (Lipinski definition) is 4. The third-order valence-corrected chi connectivity index (χ3v) is 4.37. The predicted molar refractivity (Wildman–Crippen MR) is 77.1 cm³/mol. The molecule has 100 valence electrons. The molecule has 0 saturated carbocycles. The number of carbonyl (C=O) groups is 1. The first-order valence-corrected chi connectivity index (χ1v) is 7.14. The number of benzene rings is 1. The fourth-order valence-electron chi connectivity index (χ4n) is 1.54. The van der Waals surface area contributed by atoms with Crippen LogP contribution in [0.25, 0.3) is 0 Å². The maximum Gasteiger partial charge on any atom is 0.319 e. The Morgan fingerprint density at radius 1 is 1.56 bits per heavy atom. The second-order valence-corrected chi connectivity index (χ2v) is 5.55. The van der Waals surface area contributed by atoms with Crippen molar-refractivity contribution in [1.29, 1.82) is 0 Å². The average molecular weight is 288 g/mol. The van der Waals surface area contributed by atoms with Crippen molar-refractivity contribution in [3.05, 3.63) is 23.2 Å². The summed E-state index contributed by atoms with van der Waals surface area (Å²) in [4.78, 5) is 12.5. The van der Waals surface area contributed by atoms with Crippen molar-refractivity contribution < 1.29 is 9.53 Å². The molecule has 0 spiro atoms. The molecule has 0 aliphatic rings. The number of halogens is 1. The summed E-state index contributed by atoms with van der Waals surface area (Å²) in [5, 5.41) is 0.322. The summed E-state index contributed by atoms with van der Waals surface area (Å²) in [7, 11) is 1.40. The predicted octanol–water partition coefficient (Wildman–Crippen LogP) is 3.75. The summed E-state index contributed by atoms with van der Waals surface area (Å²) < 4.78 is 4.82. The van der Waals surface area contributed by atoms with E-state index in [-0.39, 0.29) is 11.2 Å². The molecule has 0 fully saturated rings. The fraction of sp³-hybridized carbons (Fsp3) is 0.462. The molecule has 0 amide bonds. The highest BCUT2D eigenvalue weighted by Gasteiger charge is 2.22. The molecule has 0 aliphatic heterocycles. The van der Waals surface area contributed by atoms with Gasteiger partial charge in [-0.2, -0.15) is 0 Å². The zero-order valence-electron chi connectivity index (χ0n) is 10.6. The highest BCUT2D eigenvalue weighted by molar-refractivity contribution is 8.00. The molecule has 0 aliphatic carbocycles. The van der Waals surface area contributed by atoms with Gasteiger partial charge in [-0.15, -0.1) is 11.8 Å². The Hall–Kier alpha value is -0.870. The topological polar surface area (TPSA) is 52.3 Å². The van der Waals surface area contributed by atoms with Crippen molar-refractivity contribution in [1.82, 2.24) is 0 Å². The first kappa shape index (κ1) is 15.2. The first-order chi connectivity index (χ1) is 8.60. The quantitative estimate of drug-likeness (QED) is 0.492. The summed E-state index contributed by atoms with van der Waals surface area (Å²) in [6.07, 6.45) is 2.77. The van der Waals surface area contributed by atoms with Crippen LogP contribution in [0.1, 0.15) is 26.2 Å². The van der Waals surface area contributed by atoms with Crippen molar-refractivity contribution in [2.45, 2.75) is 36.3 Å². The van der Waals surface area contributed by atoms with Gasteiger partial charge in [0.05, 0.1) is 12.1 Å². The molecule has 1 aromatic carbocycles. The van der Waals surface area contributed by atoms with Crippen molar-refractivity contribution in [3.63, 3.8) is 0 Å². The molecule has 0 aromatic heterocycles. The Morgan fingerprint density at radius 3 is 2.83 bits per heavy atom. The standard InChI is InChI=1S/C13H18ClNO2S/c1-3-4-8-11(13(16)17-2)18-12-9(14)6-5-7-10(12)15/h5-7,11H,3-4,8,15H2,1-2H3. The summed E-state index contributed by atoms with van der Waals surface area (Å²) in [6, 6.07) is 5.34. The zero-order valence-corrected chi connectivity index (χ0v) is 12.2. The van der Waals surface area contributed by atoms with E-state index in [1.165, 1.54) is 18.9 Å². The molecule has 0 saturated heterocycles. The molecule has 0 heterocycles. The molecule has 0 radical (unpaired) electrons. The van der Waals surface area contributed by atoms with Crippen LogP contribution < -0.4 is 5.73 Å². The number of nitrogens with two attached hydrogens (primary N) is 1.